The van der Waals surface area contributed by atoms with Gasteiger partial charge in [-0.05, 0) is 107 Å². The molecule has 0 radical (unpaired) electrons. The van der Waals surface area contributed by atoms with E-state index in [4.69, 9.17) is 19.5 Å². The van der Waals surface area contributed by atoms with Crippen LogP contribution in [0, 0.1) is 19.3 Å². The van der Waals surface area contributed by atoms with Gasteiger partial charge in [-0.1, -0.05) is 93.9 Å². The minimum absolute atomic E-state index is 0.0132. The zero-order chi connectivity index (χ0) is 35.9. The average Bonchev–Trinajstić information content (AvgIpc) is 3.41. The number of pyridine rings is 1. The van der Waals surface area contributed by atoms with Gasteiger partial charge >= 0.3 is 0 Å². The third-order valence-corrected chi connectivity index (χ3v) is 10.8. The molecule has 0 N–H and O–H groups in total. The third-order valence-electron chi connectivity index (χ3n) is 10.8. The number of ether oxygens (including phenoxy) is 2. The van der Waals surface area contributed by atoms with Gasteiger partial charge in [-0.25, -0.2) is 9.98 Å². The predicted octanol–water partition coefficient (Wildman–Crippen LogP) is 11.8. The van der Waals surface area contributed by atoms with Crippen LogP contribution in [0.2, 0.25) is 0 Å². The predicted molar refractivity (Wildman–Crippen MR) is 205 cm³/mol. The topological polar surface area (TPSA) is 47.0 Å². The molecular formula is C44H55N3O2. The highest BCUT2D eigenvalue weighted by atomic mass is 16.5. The highest BCUT2D eigenvalue weighted by molar-refractivity contribution is 5.96. The molecule has 4 aromatic rings. The molecule has 0 bridgehead atoms. The molecule has 2 aliphatic rings. The van der Waals surface area contributed by atoms with E-state index < -0.39 is 0 Å². The van der Waals surface area contributed by atoms with Crippen molar-refractivity contribution >= 4 is 23.1 Å². The lowest BCUT2D eigenvalue weighted by Crippen LogP contribution is -2.39. The van der Waals surface area contributed by atoms with Crippen LogP contribution in [0.15, 0.2) is 71.9 Å². The van der Waals surface area contributed by atoms with Crippen LogP contribution in [0.1, 0.15) is 122 Å². The Labute approximate surface area is 294 Å². The maximum atomic E-state index is 6.91. The van der Waals surface area contributed by atoms with Gasteiger partial charge in [-0.2, -0.15) is 0 Å². The highest BCUT2D eigenvalue weighted by Crippen LogP contribution is 2.53. The molecule has 0 fully saturated rings. The number of hydrogen-bond donors (Lipinski definition) is 0. The molecule has 0 saturated heterocycles. The van der Waals surface area contributed by atoms with Crippen LogP contribution in [0.3, 0.4) is 0 Å². The van der Waals surface area contributed by atoms with Gasteiger partial charge in [-0.15, -0.1) is 0 Å². The van der Waals surface area contributed by atoms with Crippen LogP contribution >= 0.6 is 0 Å². The Kier molecular flexibility index (Phi) is 8.13. The molecule has 0 amide bonds. The van der Waals surface area contributed by atoms with Crippen molar-refractivity contribution in [2.75, 3.05) is 11.5 Å². The maximum absolute atomic E-state index is 6.91. The van der Waals surface area contributed by atoms with E-state index in [1.165, 1.54) is 27.8 Å². The van der Waals surface area contributed by atoms with E-state index >= 15 is 0 Å². The standard InChI is InChI=1S/C44H55N3O2/c1-27-15-16-35-33(19-27)43(12,13)34-20-28(2)37(25-36(34)47(35)38-24-30(17-18-45-38)40(3,4)5)49-32-22-29(21-31(23-32)41(6,7)8)39-46-44(14,26-48-39)42(9,10)11/h15-25H,26H2,1-14H3/t44-/m0/s1. The van der Waals surface area contributed by atoms with Crippen LogP contribution in [-0.4, -0.2) is 23.0 Å². The summed E-state index contributed by atoms with van der Waals surface area (Å²) < 4.78 is 13.2. The molecule has 0 unspecified atom stereocenters. The highest BCUT2D eigenvalue weighted by Gasteiger charge is 2.43. The Bertz CT molecular complexity index is 1970. The van der Waals surface area contributed by atoms with Crippen LogP contribution in [0.5, 0.6) is 11.5 Å². The number of aliphatic imine (C=N–C) groups is 1. The number of benzene rings is 3. The lowest BCUT2D eigenvalue weighted by Gasteiger charge is -2.42. The van der Waals surface area contributed by atoms with Gasteiger partial charge in [0.2, 0.25) is 5.90 Å². The molecule has 5 heteroatoms. The van der Waals surface area contributed by atoms with Crippen molar-refractivity contribution in [3.05, 3.63) is 106 Å². The van der Waals surface area contributed by atoms with E-state index in [9.17, 15) is 0 Å². The summed E-state index contributed by atoms with van der Waals surface area (Å²) in [5.74, 6) is 3.17. The summed E-state index contributed by atoms with van der Waals surface area (Å²) in [5.41, 5.74) is 9.77. The van der Waals surface area contributed by atoms with Crippen molar-refractivity contribution in [2.24, 2.45) is 10.4 Å². The van der Waals surface area contributed by atoms with Gasteiger partial charge in [0.1, 0.15) is 29.5 Å². The summed E-state index contributed by atoms with van der Waals surface area (Å²) in [7, 11) is 0. The van der Waals surface area contributed by atoms with E-state index in [-0.39, 0.29) is 27.2 Å². The average molecular weight is 658 g/mol. The SMILES string of the molecule is Cc1ccc2c(c1)C(C)(C)c1cc(C)c(Oc3cc(C4=N[C@](C)(C(C)(C)C)CO4)cc(C(C)(C)C)c3)cc1N2c1cc(C(C)(C)C)ccn1. The first kappa shape index (κ1) is 34.7. The first-order valence-corrected chi connectivity index (χ1v) is 17.7. The lowest BCUT2D eigenvalue weighted by atomic mass is 9.72. The molecular weight excluding hydrogens is 603 g/mol. The largest absolute Gasteiger partial charge is 0.475 e. The molecule has 5 nitrogen and oxygen atoms in total. The van der Waals surface area contributed by atoms with Crippen molar-refractivity contribution in [3.63, 3.8) is 0 Å². The normalized spacial score (nSPS) is 18.8. The lowest BCUT2D eigenvalue weighted by molar-refractivity contribution is 0.154. The summed E-state index contributed by atoms with van der Waals surface area (Å²) >= 11 is 0. The molecule has 49 heavy (non-hydrogen) atoms. The van der Waals surface area contributed by atoms with E-state index in [1.54, 1.807) is 0 Å². The van der Waals surface area contributed by atoms with Crippen molar-refractivity contribution < 1.29 is 9.47 Å². The van der Waals surface area contributed by atoms with Crippen molar-refractivity contribution in [3.8, 4) is 11.5 Å². The number of hydrogen-bond acceptors (Lipinski definition) is 5. The quantitative estimate of drug-likeness (QED) is 0.219. The summed E-state index contributed by atoms with van der Waals surface area (Å²) in [6.07, 6.45) is 1.94. The Balaban J connectivity index is 1.51. The second kappa shape index (κ2) is 11.5. The van der Waals surface area contributed by atoms with E-state index in [0.29, 0.717) is 12.5 Å². The van der Waals surface area contributed by atoms with Gasteiger partial charge in [0, 0.05) is 23.2 Å². The number of nitrogens with zero attached hydrogens (tertiary/aromatic N) is 3. The fourth-order valence-corrected chi connectivity index (χ4v) is 6.72. The molecule has 1 aromatic heterocycles. The fraction of sp³-hybridized carbons (Fsp3) is 0.455. The van der Waals surface area contributed by atoms with Crippen LogP contribution in [0.4, 0.5) is 17.2 Å². The van der Waals surface area contributed by atoms with Crippen molar-refractivity contribution in [2.45, 2.75) is 119 Å². The third kappa shape index (κ3) is 6.26. The van der Waals surface area contributed by atoms with Crippen LogP contribution in [0.25, 0.3) is 0 Å². The van der Waals surface area contributed by atoms with Gasteiger partial charge in [0.25, 0.3) is 0 Å². The summed E-state index contributed by atoms with van der Waals surface area (Å²) in [5, 5.41) is 0. The summed E-state index contributed by atoms with van der Waals surface area (Å²) in [4.78, 5) is 12.4. The first-order chi connectivity index (χ1) is 22.6. The molecule has 6 rings (SSSR count). The van der Waals surface area contributed by atoms with E-state index in [2.05, 4.69) is 162 Å². The second-order valence-corrected chi connectivity index (χ2v) is 18.1. The number of aryl methyl sites for hydroxylation is 2. The minimum Gasteiger partial charge on any atom is -0.475 e. The van der Waals surface area contributed by atoms with E-state index in [1.807, 2.05) is 6.20 Å². The molecule has 0 saturated carbocycles. The number of aromatic nitrogens is 1. The van der Waals surface area contributed by atoms with Crippen molar-refractivity contribution in [1.82, 2.24) is 4.98 Å². The monoisotopic (exact) mass is 657 g/mol. The Morgan fingerprint density at radius 3 is 2.04 bits per heavy atom. The Hall–Kier alpha value is -4.12. The Morgan fingerprint density at radius 1 is 0.735 bits per heavy atom. The van der Waals surface area contributed by atoms with E-state index in [0.717, 1.165) is 39.8 Å². The summed E-state index contributed by atoms with van der Waals surface area (Å²) in [6.45, 7) is 31.8. The van der Waals surface area contributed by atoms with Gasteiger partial charge in [0.15, 0.2) is 0 Å². The smallest absolute Gasteiger partial charge is 0.216 e. The zero-order valence-corrected chi connectivity index (χ0v) is 32.2. The Morgan fingerprint density at radius 2 is 1.41 bits per heavy atom. The minimum atomic E-state index is -0.306. The molecule has 3 aromatic carbocycles. The number of anilines is 3. The van der Waals surface area contributed by atoms with Crippen LogP contribution < -0.4 is 9.64 Å². The molecule has 3 heterocycles. The summed E-state index contributed by atoms with van der Waals surface area (Å²) in [6, 6.07) is 22.1. The number of fused-ring (bicyclic) bond motifs is 2. The van der Waals surface area contributed by atoms with Crippen LogP contribution in [-0.2, 0) is 21.0 Å². The molecule has 1 atom stereocenters. The first-order valence-electron chi connectivity index (χ1n) is 17.7. The maximum Gasteiger partial charge on any atom is 0.216 e. The van der Waals surface area contributed by atoms with Gasteiger partial charge in [-0.3, -0.25) is 4.90 Å². The van der Waals surface area contributed by atoms with Gasteiger partial charge in [0.05, 0.1) is 11.4 Å². The fourth-order valence-electron chi connectivity index (χ4n) is 6.72. The zero-order valence-electron chi connectivity index (χ0n) is 32.2. The molecule has 0 aliphatic carbocycles. The van der Waals surface area contributed by atoms with Crippen molar-refractivity contribution in [1.29, 1.82) is 0 Å². The molecule has 258 valence electrons. The van der Waals surface area contributed by atoms with Gasteiger partial charge < -0.3 is 9.47 Å². The molecule has 0 spiro atoms. The second-order valence-electron chi connectivity index (χ2n) is 18.1. The number of rotatable bonds is 4. The molecule has 2 aliphatic heterocycles.